The van der Waals surface area contributed by atoms with Crippen LogP contribution in [-0.4, -0.2) is 29.1 Å². The lowest BCUT2D eigenvalue weighted by atomic mass is 9.74. The molecule has 0 saturated carbocycles. The Labute approximate surface area is 160 Å². The highest BCUT2D eigenvalue weighted by Crippen LogP contribution is 2.43. The minimum absolute atomic E-state index is 0.00603. The molecule has 0 aromatic carbocycles. The van der Waals surface area contributed by atoms with Gasteiger partial charge in [0, 0.05) is 43.4 Å². The molecular weight excluding hydrogens is 346 g/mol. The first-order valence-electron chi connectivity index (χ1n) is 9.43. The van der Waals surface area contributed by atoms with E-state index in [9.17, 15) is 14.4 Å². The summed E-state index contributed by atoms with van der Waals surface area (Å²) in [7, 11) is 0. The molecule has 2 aliphatic carbocycles. The molecule has 5 heteroatoms. The Balaban J connectivity index is 2.11. The molecule has 0 fully saturated rings. The molecular formula is C21H29NO3S. The van der Waals surface area contributed by atoms with E-state index in [0.717, 1.165) is 24.8 Å². The smallest absolute Gasteiger partial charge is 0.216 e. The van der Waals surface area contributed by atoms with Crippen molar-refractivity contribution < 1.29 is 14.4 Å². The highest BCUT2D eigenvalue weighted by Gasteiger charge is 2.40. The van der Waals surface area contributed by atoms with Crippen molar-refractivity contribution in [3.05, 3.63) is 35.5 Å². The second kappa shape index (κ2) is 9.91. The summed E-state index contributed by atoms with van der Waals surface area (Å²) in [5, 5.41) is 2.84. The summed E-state index contributed by atoms with van der Waals surface area (Å²) in [5.74, 6) is 0.426. The number of nitrogens with one attached hydrogen (secondary N) is 1. The first-order chi connectivity index (χ1) is 12.4. The maximum absolute atomic E-state index is 12.9. The minimum atomic E-state index is -0.198. The fourth-order valence-corrected chi connectivity index (χ4v) is 4.54. The van der Waals surface area contributed by atoms with Crippen LogP contribution in [0.3, 0.4) is 0 Å². The first-order valence-corrected chi connectivity index (χ1v) is 10.4. The van der Waals surface area contributed by atoms with Gasteiger partial charge in [-0.2, -0.15) is 0 Å². The number of allylic oxidation sites excluding steroid dienone is 6. The van der Waals surface area contributed by atoms with E-state index in [4.69, 9.17) is 0 Å². The average molecular weight is 376 g/mol. The number of hydrogen-bond donors (Lipinski definition) is 1. The Kier molecular flexibility index (Phi) is 7.88. The van der Waals surface area contributed by atoms with Gasteiger partial charge in [0.25, 0.3) is 0 Å². The van der Waals surface area contributed by atoms with Crippen molar-refractivity contribution >= 4 is 28.6 Å². The molecule has 0 heterocycles. The molecule has 0 radical (unpaired) electrons. The Bertz CT molecular complexity index is 648. The van der Waals surface area contributed by atoms with Gasteiger partial charge in [-0.1, -0.05) is 48.9 Å². The summed E-state index contributed by atoms with van der Waals surface area (Å²) in [5.41, 5.74) is 2.30. The molecule has 1 N–H and O–H groups in total. The number of fused-ring (bicyclic) bond motifs is 1. The fraction of sp³-hybridized carbons (Fsp3) is 0.571. The zero-order chi connectivity index (χ0) is 19.1. The second-order valence-electron chi connectivity index (χ2n) is 7.15. The van der Waals surface area contributed by atoms with E-state index in [0.29, 0.717) is 18.7 Å². The largest absolute Gasteiger partial charge is 0.356 e. The number of thioether (sulfide) groups is 1. The lowest BCUT2D eigenvalue weighted by Gasteiger charge is -2.31. The lowest BCUT2D eigenvalue weighted by Crippen LogP contribution is -2.31. The normalized spacial score (nSPS) is 25.0. The van der Waals surface area contributed by atoms with Gasteiger partial charge in [-0.15, -0.1) is 0 Å². The first kappa shape index (κ1) is 20.7. The number of carbonyl (C=O) groups excluding carboxylic acids is 3. The molecule has 3 atom stereocenters. The molecule has 2 rings (SSSR count). The van der Waals surface area contributed by atoms with Crippen LogP contribution in [0.2, 0.25) is 0 Å². The molecule has 1 amide bonds. The minimum Gasteiger partial charge on any atom is -0.356 e. The zero-order valence-electron chi connectivity index (χ0n) is 15.9. The summed E-state index contributed by atoms with van der Waals surface area (Å²) in [6.07, 6.45) is 11.8. The topological polar surface area (TPSA) is 63.2 Å². The van der Waals surface area contributed by atoms with Gasteiger partial charge in [0.1, 0.15) is 0 Å². The molecule has 0 aromatic rings. The second-order valence-corrected chi connectivity index (χ2v) is 8.25. The number of hydrogen-bond acceptors (Lipinski definition) is 4. The molecule has 0 aliphatic heterocycles. The molecule has 0 aromatic heterocycles. The van der Waals surface area contributed by atoms with Crippen LogP contribution >= 0.6 is 11.8 Å². The molecule has 0 unspecified atom stereocenters. The number of unbranched alkanes of at least 4 members (excludes halogenated alkanes) is 1. The molecule has 0 saturated heterocycles. The summed E-state index contributed by atoms with van der Waals surface area (Å²) < 4.78 is 0. The van der Waals surface area contributed by atoms with Crippen molar-refractivity contribution in [1.29, 1.82) is 0 Å². The van der Waals surface area contributed by atoms with Crippen molar-refractivity contribution in [3.63, 3.8) is 0 Å². The zero-order valence-corrected chi connectivity index (χ0v) is 16.7. The predicted octanol–water partition coefficient (Wildman–Crippen LogP) is 3.84. The van der Waals surface area contributed by atoms with Crippen LogP contribution in [0.25, 0.3) is 0 Å². The Hall–Kier alpha value is -1.62. The SMILES string of the molecule is CCCC/C(C)=C/[C@@H]1C=CC2=CC(=O)C[C@H]2[C@H]1C(=O)SCCNC(C)=O. The third kappa shape index (κ3) is 5.70. The van der Waals surface area contributed by atoms with E-state index in [1.165, 1.54) is 24.3 Å². The van der Waals surface area contributed by atoms with Gasteiger partial charge in [0.15, 0.2) is 10.9 Å². The lowest BCUT2D eigenvalue weighted by molar-refractivity contribution is -0.119. The maximum Gasteiger partial charge on any atom is 0.216 e. The molecule has 0 spiro atoms. The van der Waals surface area contributed by atoms with Crippen molar-refractivity contribution in [3.8, 4) is 0 Å². The number of rotatable bonds is 8. The number of amides is 1. The molecule has 0 bridgehead atoms. The third-order valence-corrected chi connectivity index (χ3v) is 5.90. The summed E-state index contributed by atoms with van der Waals surface area (Å²) in [6.45, 7) is 6.25. The Morgan fingerprint density at radius 2 is 2.12 bits per heavy atom. The monoisotopic (exact) mass is 375 g/mol. The van der Waals surface area contributed by atoms with Crippen LogP contribution in [0.4, 0.5) is 0 Å². The van der Waals surface area contributed by atoms with Gasteiger partial charge in [-0.05, 0) is 31.4 Å². The van der Waals surface area contributed by atoms with Crippen molar-refractivity contribution in [1.82, 2.24) is 5.32 Å². The van der Waals surface area contributed by atoms with Crippen LogP contribution in [-0.2, 0) is 14.4 Å². The average Bonchev–Trinajstić information content (AvgIpc) is 2.96. The molecule has 4 nitrogen and oxygen atoms in total. The maximum atomic E-state index is 12.9. The molecule has 2 aliphatic rings. The standard InChI is InChI=1S/C21H29NO3S/c1-4-5-6-14(2)11-17-8-7-16-12-18(24)13-19(16)20(17)21(25)26-10-9-22-15(3)23/h7-8,11-12,17,19-20H,4-6,9-10,13H2,1-3H3,(H,22,23)/b14-11+/t17-,19+,20-/m0/s1. The predicted molar refractivity (Wildman–Crippen MR) is 107 cm³/mol. The highest BCUT2D eigenvalue weighted by atomic mass is 32.2. The third-order valence-electron chi connectivity index (χ3n) is 4.93. The van der Waals surface area contributed by atoms with Gasteiger partial charge in [0.05, 0.1) is 0 Å². The molecule has 26 heavy (non-hydrogen) atoms. The number of ketones is 1. The Morgan fingerprint density at radius 3 is 2.81 bits per heavy atom. The van der Waals surface area contributed by atoms with E-state index >= 15 is 0 Å². The van der Waals surface area contributed by atoms with E-state index in [1.807, 2.05) is 6.08 Å². The Morgan fingerprint density at radius 1 is 1.35 bits per heavy atom. The van der Waals surface area contributed by atoms with E-state index < -0.39 is 0 Å². The van der Waals surface area contributed by atoms with Crippen LogP contribution in [0, 0.1) is 17.8 Å². The van der Waals surface area contributed by atoms with Crippen molar-refractivity contribution in [2.45, 2.75) is 46.5 Å². The van der Waals surface area contributed by atoms with E-state index in [1.54, 1.807) is 6.08 Å². The number of carbonyl (C=O) groups is 3. The summed E-state index contributed by atoms with van der Waals surface area (Å²) in [6, 6.07) is 0. The van der Waals surface area contributed by atoms with Crippen LogP contribution in [0.5, 0.6) is 0 Å². The van der Waals surface area contributed by atoms with Crippen LogP contribution < -0.4 is 5.32 Å². The summed E-state index contributed by atoms with van der Waals surface area (Å²) in [4.78, 5) is 35.8. The fourth-order valence-electron chi connectivity index (χ4n) is 3.63. The highest BCUT2D eigenvalue weighted by molar-refractivity contribution is 8.13. The van der Waals surface area contributed by atoms with Gasteiger partial charge >= 0.3 is 0 Å². The van der Waals surface area contributed by atoms with Crippen LogP contribution in [0.1, 0.15) is 46.5 Å². The van der Waals surface area contributed by atoms with Crippen molar-refractivity contribution in [2.75, 3.05) is 12.3 Å². The van der Waals surface area contributed by atoms with Gasteiger partial charge in [-0.25, -0.2) is 0 Å². The van der Waals surface area contributed by atoms with Gasteiger partial charge < -0.3 is 5.32 Å². The quantitative estimate of drug-likeness (QED) is 0.517. The van der Waals surface area contributed by atoms with Gasteiger partial charge in [-0.3, -0.25) is 14.4 Å². The van der Waals surface area contributed by atoms with E-state index in [-0.39, 0.29) is 34.6 Å². The van der Waals surface area contributed by atoms with Crippen molar-refractivity contribution in [2.24, 2.45) is 17.8 Å². The van der Waals surface area contributed by atoms with Crippen LogP contribution in [0.15, 0.2) is 35.5 Å². The summed E-state index contributed by atoms with van der Waals surface area (Å²) >= 11 is 1.27. The van der Waals surface area contributed by atoms with E-state index in [2.05, 4.69) is 31.3 Å². The van der Waals surface area contributed by atoms with Gasteiger partial charge in [0.2, 0.25) is 5.91 Å². The molecule has 142 valence electrons.